The molecule has 3 heterocycles. The second-order valence-corrected chi connectivity index (χ2v) is 9.79. The van der Waals surface area contributed by atoms with Gasteiger partial charge in [0.2, 0.25) is 11.6 Å². The Morgan fingerprint density at radius 1 is 0.897 bits per heavy atom. The fourth-order valence-corrected chi connectivity index (χ4v) is 5.55. The van der Waals surface area contributed by atoms with Crippen molar-refractivity contribution in [1.29, 1.82) is 0 Å². The van der Waals surface area contributed by atoms with Gasteiger partial charge in [-0.05, 0) is 12.1 Å². The summed E-state index contributed by atoms with van der Waals surface area (Å²) in [7, 11) is 0. The number of ketones is 2. The number of aromatic nitrogens is 3. The molecule has 3 aromatic rings. The van der Waals surface area contributed by atoms with E-state index in [9.17, 15) is 24.6 Å². The fourth-order valence-electron chi connectivity index (χ4n) is 5.55. The van der Waals surface area contributed by atoms with Crippen LogP contribution in [0.15, 0.2) is 42.5 Å². The molecular formula is C26H28N7O6+. The Balaban J connectivity index is 1.13. The Kier molecular flexibility index (Phi) is 6.45. The lowest BCUT2D eigenvalue weighted by molar-refractivity contribution is -0.652. The summed E-state index contributed by atoms with van der Waals surface area (Å²) in [5, 5.41) is 14.2. The van der Waals surface area contributed by atoms with Crippen LogP contribution in [-0.4, -0.2) is 90.2 Å². The summed E-state index contributed by atoms with van der Waals surface area (Å²) in [5.41, 5.74) is 2.34. The lowest BCUT2D eigenvalue weighted by atomic mass is 9.90. The Bertz CT molecular complexity index is 1520. The number of morpholine rings is 1. The molecule has 0 spiro atoms. The molecule has 39 heavy (non-hydrogen) atoms. The van der Waals surface area contributed by atoms with Crippen molar-refractivity contribution < 1.29 is 23.9 Å². The number of nitro groups is 1. The molecule has 6 rings (SSSR count). The molecule has 0 unspecified atom stereocenters. The smallest absolute Gasteiger partial charge is 0.292 e. The van der Waals surface area contributed by atoms with E-state index in [2.05, 4.69) is 14.9 Å². The summed E-state index contributed by atoms with van der Waals surface area (Å²) in [6, 6.07) is 11.8. The minimum Gasteiger partial charge on any atom is -0.378 e. The molecule has 13 heteroatoms. The second kappa shape index (κ2) is 10.1. The number of carbonyl (C=O) groups is 2. The third kappa shape index (κ3) is 4.49. The second-order valence-electron chi connectivity index (χ2n) is 9.79. The van der Waals surface area contributed by atoms with E-state index in [-0.39, 0.29) is 40.1 Å². The lowest BCUT2D eigenvalue weighted by Crippen LogP contribution is -2.48. The monoisotopic (exact) mass is 534 g/mol. The Morgan fingerprint density at radius 3 is 2.28 bits per heavy atom. The van der Waals surface area contributed by atoms with Crippen LogP contribution in [-0.2, 0) is 11.3 Å². The molecule has 2 aromatic carbocycles. The van der Waals surface area contributed by atoms with Crippen molar-refractivity contribution >= 4 is 28.6 Å². The molecule has 0 bridgehead atoms. The molecular weight excluding hydrogens is 506 g/mol. The van der Waals surface area contributed by atoms with Crippen LogP contribution in [0.4, 0.5) is 17.1 Å². The van der Waals surface area contributed by atoms with E-state index >= 15 is 0 Å². The number of hydrogen-bond acceptors (Lipinski definition) is 9. The molecule has 2 aliphatic heterocycles. The van der Waals surface area contributed by atoms with Crippen LogP contribution < -0.4 is 14.5 Å². The maximum absolute atomic E-state index is 13.1. The minimum atomic E-state index is -0.364. The predicted molar refractivity (Wildman–Crippen MR) is 140 cm³/mol. The number of carbonyl (C=O) groups excluding carboxylic acids is 2. The number of hydrogen-bond donors (Lipinski definition) is 1. The Hall–Kier alpha value is -4.36. The largest absolute Gasteiger partial charge is 0.378 e. The highest BCUT2D eigenvalue weighted by Gasteiger charge is 2.39. The van der Waals surface area contributed by atoms with Gasteiger partial charge >= 0.3 is 0 Å². The number of nitrogens with zero attached hydrogens (tertiary/aromatic N) is 6. The van der Waals surface area contributed by atoms with Gasteiger partial charge in [0.15, 0.2) is 11.4 Å². The van der Waals surface area contributed by atoms with E-state index in [1.807, 2.05) is 11.0 Å². The lowest BCUT2D eigenvalue weighted by Gasteiger charge is -2.36. The van der Waals surface area contributed by atoms with Crippen molar-refractivity contribution in [3.8, 4) is 0 Å². The first-order valence-electron chi connectivity index (χ1n) is 12.9. The Labute approximate surface area is 222 Å². The van der Waals surface area contributed by atoms with Gasteiger partial charge < -0.3 is 14.5 Å². The molecule has 0 radical (unpaired) electrons. The van der Waals surface area contributed by atoms with Crippen LogP contribution in [0, 0.1) is 15.0 Å². The highest BCUT2D eigenvalue weighted by atomic mass is 16.6. The number of piperazine rings is 1. The molecule has 0 atom stereocenters. The van der Waals surface area contributed by atoms with E-state index < -0.39 is 0 Å². The highest BCUT2D eigenvalue weighted by Crippen LogP contribution is 2.33. The molecule has 1 aliphatic carbocycles. The number of H-pyrrole nitrogens is 1. The summed E-state index contributed by atoms with van der Waals surface area (Å²) in [6.45, 7) is 5.91. The normalized spacial score (nSPS) is 17.7. The van der Waals surface area contributed by atoms with Crippen molar-refractivity contribution in [1.82, 2.24) is 14.7 Å². The van der Waals surface area contributed by atoms with Crippen LogP contribution in [0.1, 0.15) is 32.1 Å². The maximum Gasteiger partial charge on any atom is 0.292 e. The first kappa shape index (κ1) is 24.9. The number of rotatable bonds is 6. The molecule has 13 nitrogen and oxygen atoms in total. The third-order valence-corrected chi connectivity index (χ3v) is 7.65. The van der Waals surface area contributed by atoms with Crippen LogP contribution in [0.5, 0.6) is 0 Å². The van der Waals surface area contributed by atoms with Crippen molar-refractivity contribution in [2.75, 3.05) is 68.8 Å². The summed E-state index contributed by atoms with van der Waals surface area (Å²) in [6.07, 6.45) is 0. The zero-order chi connectivity index (χ0) is 27.1. The molecule has 2 fully saturated rings. The van der Waals surface area contributed by atoms with Crippen molar-refractivity contribution in [2.24, 2.45) is 0 Å². The molecule has 0 saturated carbocycles. The van der Waals surface area contributed by atoms with Crippen molar-refractivity contribution in [3.05, 3.63) is 80.0 Å². The molecule has 1 N–H and O–H groups in total. The first-order chi connectivity index (χ1) is 18.9. The van der Waals surface area contributed by atoms with Crippen LogP contribution in [0.3, 0.4) is 0 Å². The quantitative estimate of drug-likeness (QED) is 0.219. The number of aromatic amines is 1. The number of anilines is 2. The average Bonchev–Trinajstić information content (AvgIpc) is 3.31. The van der Waals surface area contributed by atoms with E-state index in [1.54, 1.807) is 36.4 Å². The first-order valence-corrected chi connectivity index (χ1v) is 12.9. The average molecular weight is 535 g/mol. The van der Waals surface area contributed by atoms with Gasteiger partial charge in [-0.2, -0.15) is 0 Å². The van der Waals surface area contributed by atoms with E-state index in [1.165, 1.54) is 4.68 Å². The zero-order valence-electron chi connectivity index (χ0n) is 21.2. The van der Waals surface area contributed by atoms with Gasteiger partial charge in [-0.15, -0.1) is 0 Å². The molecule has 1 aromatic heterocycles. The minimum absolute atomic E-state index is 0.0211. The number of fused-ring (bicyclic) bond motifs is 2. The van der Waals surface area contributed by atoms with Crippen molar-refractivity contribution in [3.63, 3.8) is 0 Å². The van der Waals surface area contributed by atoms with Crippen LogP contribution >= 0.6 is 0 Å². The SMILES string of the molecule is O=C1c2ccccc2C(=O)c2c1[nH][n+](=O)n2CCN1CCN(c2ccc([N+](=O)[O-])c(N3CCOCC3)c2)CC1. The van der Waals surface area contributed by atoms with Gasteiger partial charge in [0.25, 0.3) is 10.3 Å². The number of nitrogens with one attached hydrogen (secondary N) is 1. The highest BCUT2D eigenvalue weighted by molar-refractivity contribution is 6.26. The van der Waals surface area contributed by atoms with Crippen LogP contribution in [0.25, 0.3) is 0 Å². The summed E-state index contributed by atoms with van der Waals surface area (Å²) < 4.78 is 7.17. The van der Waals surface area contributed by atoms with Crippen LogP contribution in [0.2, 0.25) is 0 Å². The third-order valence-electron chi connectivity index (χ3n) is 7.65. The number of benzene rings is 2. The Morgan fingerprint density at radius 2 is 1.59 bits per heavy atom. The van der Waals surface area contributed by atoms with Crippen molar-refractivity contribution in [2.45, 2.75) is 6.54 Å². The molecule has 2 saturated heterocycles. The summed E-state index contributed by atoms with van der Waals surface area (Å²) in [5.74, 6) is -0.707. The number of ether oxygens (including phenoxy) is 1. The van der Waals surface area contributed by atoms with Gasteiger partial charge in [0, 0.05) is 68.7 Å². The van der Waals surface area contributed by atoms with Gasteiger partial charge in [-0.3, -0.25) is 24.6 Å². The predicted octanol–water partition coefficient (Wildman–Crippen LogP) is 1.07. The van der Waals surface area contributed by atoms with E-state index in [4.69, 9.17) is 4.74 Å². The van der Waals surface area contributed by atoms with Gasteiger partial charge in [0.1, 0.15) is 5.69 Å². The van der Waals surface area contributed by atoms with E-state index in [0.717, 1.165) is 5.69 Å². The number of nitro benzene ring substituents is 1. The molecule has 202 valence electrons. The summed E-state index contributed by atoms with van der Waals surface area (Å²) in [4.78, 5) is 56.3. The standard InChI is InChI=1S/C26H27N7O6/c34-25-19-3-1-2-4-20(19)26(35)24-23(25)27-33(38)31(24)12-9-28-7-10-29(11-8-28)18-5-6-21(32(36)37)22(17-18)30-13-15-39-16-14-30/h1-6,17H,7-16H2/p+1. The zero-order valence-corrected chi connectivity index (χ0v) is 21.2. The topological polar surface area (TPSA) is 140 Å². The van der Waals surface area contributed by atoms with E-state index in [0.29, 0.717) is 80.5 Å². The maximum atomic E-state index is 13.1. The molecule has 0 amide bonds. The van der Waals surface area contributed by atoms with Gasteiger partial charge in [-0.25, -0.2) is 0 Å². The van der Waals surface area contributed by atoms with Gasteiger partial charge in [-0.1, -0.05) is 34.0 Å². The fraction of sp³-hybridized carbons (Fsp3) is 0.385. The molecule has 3 aliphatic rings. The van der Waals surface area contributed by atoms with Gasteiger partial charge in [0.05, 0.1) is 29.6 Å². The summed E-state index contributed by atoms with van der Waals surface area (Å²) >= 11 is 0.